The molecule has 0 aliphatic carbocycles. The Kier molecular flexibility index (Phi) is 3.47. The summed E-state index contributed by atoms with van der Waals surface area (Å²) < 4.78 is 14.9. The molecule has 0 aromatic carbocycles. The lowest BCUT2D eigenvalue weighted by Gasteiger charge is -2.22. The average Bonchev–Trinajstić information content (AvgIpc) is 2.57. The maximum Gasteiger partial charge on any atom is 0.379 e. The van der Waals surface area contributed by atoms with Crippen molar-refractivity contribution in [3.63, 3.8) is 0 Å². The zero-order valence-electron chi connectivity index (χ0n) is 8.82. The molecule has 1 aliphatic heterocycles. The van der Waals surface area contributed by atoms with Crippen LogP contribution in [0.2, 0.25) is 0 Å². The van der Waals surface area contributed by atoms with Gasteiger partial charge >= 0.3 is 17.7 Å². The van der Waals surface area contributed by atoms with Gasteiger partial charge in [-0.3, -0.25) is 0 Å². The molecule has 0 N–H and O–H groups in total. The van der Waals surface area contributed by atoms with Crippen molar-refractivity contribution in [1.82, 2.24) is 0 Å². The summed E-state index contributed by atoms with van der Waals surface area (Å²) in [6.45, 7) is 6.97. The fourth-order valence-corrected chi connectivity index (χ4v) is 1.27. The molecular formula is C10H14O5. The summed E-state index contributed by atoms with van der Waals surface area (Å²) in [6.07, 6.45) is 0.607. The first-order valence-electron chi connectivity index (χ1n) is 4.80. The summed E-state index contributed by atoms with van der Waals surface area (Å²) in [5, 5.41) is 0. The van der Waals surface area contributed by atoms with E-state index in [1.807, 2.05) is 0 Å². The molecule has 2 unspecified atom stereocenters. The van der Waals surface area contributed by atoms with E-state index in [1.54, 1.807) is 13.8 Å². The van der Waals surface area contributed by atoms with E-state index in [4.69, 9.17) is 14.2 Å². The SMILES string of the molecule is C=CC1OC(CC)(C(=O)OCC)OC1=O. The summed E-state index contributed by atoms with van der Waals surface area (Å²) in [6, 6.07) is 0. The third-order valence-corrected chi connectivity index (χ3v) is 2.08. The zero-order chi connectivity index (χ0) is 11.5. The van der Waals surface area contributed by atoms with Crippen LogP contribution in [-0.4, -0.2) is 30.4 Å². The van der Waals surface area contributed by atoms with E-state index in [0.29, 0.717) is 0 Å². The molecule has 0 spiro atoms. The number of hydrogen-bond acceptors (Lipinski definition) is 5. The fraction of sp³-hybridized carbons (Fsp3) is 0.600. The third-order valence-electron chi connectivity index (χ3n) is 2.08. The second-order valence-corrected chi connectivity index (χ2v) is 3.02. The molecule has 0 radical (unpaired) electrons. The molecule has 1 heterocycles. The standard InChI is InChI=1S/C10H14O5/c1-4-7-8(11)15-10(5-2,14-7)9(12)13-6-3/h4,7H,1,5-6H2,2-3H3. The van der Waals surface area contributed by atoms with Gasteiger partial charge in [0.05, 0.1) is 6.61 Å². The highest BCUT2D eigenvalue weighted by Gasteiger charge is 2.52. The summed E-state index contributed by atoms with van der Waals surface area (Å²) in [5.74, 6) is -2.88. The predicted octanol–water partition coefficient (Wildman–Crippen LogP) is 0.784. The van der Waals surface area contributed by atoms with Gasteiger partial charge in [0.15, 0.2) is 6.10 Å². The van der Waals surface area contributed by atoms with Crippen LogP contribution in [0.1, 0.15) is 20.3 Å². The number of ether oxygens (including phenoxy) is 3. The largest absolute Gasteiger partial charge is 0.461 e. The monoisotopic (exact) mass is 214 g/mol. The Balaban J connectivity index is 2.84. The van der Waals surface area contributed by atoms with Gasteiger partial charge in [0.1, 0.15) is 0 Å². The van der Waals surface area contributed by atoms with Crippen LogP contribution >= 0.6 is 0 Å². The van der Waals surface area contributed by atoms with Gasteiger partial charge in [-0.15, -0.1) is 0 Å². The van der Waals surface area contributed by atoms with E-state index in [9.17, 15) is 9.59 Å². The van der Waals surface area contributed by atoms with Crippen molar-refractivity contribution in [3.05, 3.63) is 12.7 Å². The summed E-state index contributed by atoms with van der Waals surface area (Å²) in [4.78, 5) is 22.8. The van der Waals surface area contributed by atoms with Crippen molar-refractivity contribution in [2.45, 2.75) is 32.2 Å². The van der Waals surface area contributed by atoms with Crippen molar-refractivity contribution in [2.24, 2.45) is 0 Å². The minimum Gasteiger partial charge on any atom is -0.461 e. The molecule has 2 atom stereocenters. The molecule has 0 aromatic rings. The molecule has 5 nitrogen and oxygen atoms in total. The highest BCUT2D eigenvalue weighted by molar-refractivity contribution is 5.87. The highest BCUT2D eigenvalue weighted by Crippen LogP contribution is 2.29. The lowest BCUT2D eigenvalue weighted by atomic mass is 10.2. The van der Waals surface area contributed by atoms with Crippen molar-refractivity contribution in [2.75, 3.05) is 6.61 Å². The first-order valence-corrected chi connectivity index (χ1v) is 4.80. The normalized spacial score (nSPS) is 29.7. The van der Waals surface area contributed by atoms with Gasteiger partial charge in [0.25, 0.3) is 0 Å². The van der Waals surface area contributed by atoms with Crippen LogP contribution in [0.4, 0.5) is 0 Å². The smallest absolute Gasteiger partial charge is 0.379 e. The topological polar surface area (TPSA) is 61.8 Å². The number of carbonyl (C=O) groups is 2. The molecule has 0 aromatic heterocycles. The summed E-state index contributed by atoms with van der Waals surface area (Å²) in [5.41, 5.74) is 0. The Morgan fingerprint density at radius 3 is 2.73 bits per heavy atom. The van der Waals surface area contributed by atoms with Gasteiger partial charge in [0, 0.05) is 6.42 Å². The van der Waals surface area contributed by atoms with Gasteiger partial charge in [-0.05, 0) is 6.92 Å². The maximum atomic E-state index is 11.5. The van der Waals surface area contributed by atoms with E-state index in [1.165, 1.54) is 6.08 Å². The molecule has 0 bridgehead atoms. The average molecular weight is 214 g/mol. The molecule has 0 amide bonds. The molecule has 1 aliphatic rings. The van der Waals surface area contributed by atoms with Crippen LogP contribution in [-0.2, 0) is 23.8 Å². The Labute approximate surface area is 88.0 Å². The van der Waals surface area contributed by atoms with Crippen molar-refractivity contribution >= 4 is 11.9 Å². The van der Waals surface area contributed by atoms with Gasteiger partial charge in [-0.1, -0.05) is 19.6 Å². The van der Waals surface area contributed by atoms with Crippen molar-refractivity contribution in [1.29, 1.82) is 0 Å². The minimum atomic E-state index is -1.59. The third kappa shape index (κ3) is 2.02. The maximum absolute atomic E-state index is 11.5. The molecule has 84 valence electrons. The molecule has 0 saturated carbocycles. The van der Waals surface area contributed by atoms with Gasteiger partial charge in [-0.25, -0.2) is 9.59 Å². The number of esters is 2. The van der Waals surface area contributed by atoms with Gasteiger partial charge in [0.2, 0.25) is 0 Å². The van der Waals surface area contributed by atoms with Crippen LogP contribution < -0.4 is 0 Å². The van der Waals surface area contributed by atoms with E-state index in [2.05, 4.69) is 6.58 Å². The molecular weight excluding hydrogens is 200 g/mol. The number of rotatable bonds is 4. The van der Waals surface area contributed by atoms with Crippen LogP contribution in [0.25, 0.3) is 0 Å². The number of cyclic esters (lactones) is 1. The summed E-state index contributed by atoms with van der Waals surface area (Å²) in [7, 11) is 0. The van der Waals surface area contributed by atoms with Gasteiger partial charge < -0.3 is 14.2 Å². The first kappa shape index (κ1) is 11.7. The number of carbonyl (C=O) groups excluding carboxylic acids is 2. The lowest BCUT2D eigenvalue weighted by Crippen LogP contribution is -2.41. The number of hydrogen-bond donors (Lipinski definition) is 0. The molecule has 15 heavy (non-hydrogen) atoms. The van der Waals surface area contributed by atoms with Crippen LogP contribution in [0.5, 0.6) is 0 Å². The van der Waals surface area contributed by atoms with E-state index in [0.717, 1.165) is 0 Å². The zero-order valence-corrected chi connectivity index (χ0v) is 8.82. The predicted molar refractivity (Wildman–Crippen MR) is 50.8 cm³/mol. The lowest BCUT2D eigenvalue weighted by molar-refractivity contribution is -0.211. The Hall–Kier alpha value is -1.36. The van der Waals surface area contributed by atoms with E-state index >= 15 is 0 Å². The minimum absolute atomic E-state index is 0.209. The van der Waals surface area contributed by atoms with Crippen molar-refractivity contribution < 1.29 is 23.8 Å². The van der Waals surface area contributed by atoms with Gasteiger partial charge in [-0.2, -0.15) is 0 Å². The quantitative estimate of drug-likeness (QED) is 0.511. The molecule has 1 fully saturated rings. The Bertz CT molecular complexity index is 286. The Morgan fingerprint density at radius 2 is 2.33 bits per heavy atom. The van der Waals surface area contributed by atoms with Crippen LogP contribution in [0.3, 0.4) is 0 Å². The molecule has 1 saturated heterocycles. The first-order chi connectivity index (χ1) is 7.09. The van der Waals surface area contributed by atoms with Crippen LogP contribution in [0.15, 0.2) is 12.7 Å². The fourth-order valence-electron chi connectivity index (χ4n) is 1.27. The van der Waals surface area contributed by atoms with Crippen molar-refractivity contribution in [3.8, 4) is 0 Å². The second kappa shape index (κ2) is 4.44. The second-order valence-electron chi connectivity index (χ2n) is 3.02. The van der Waals surface area contributed by atoms with E-state index < -0.39 is 23.8 Å². The summed E-state index contributed by atoms with van der Waals surface area (Å²) >= 11 is 0. The Morgan fingerprint density at radius 1 is 1.67 bits per heavy atom. The highest BCUT2D eigenvalue weighted by atomic mass is 16.8. The molecule has 5 heteroatoms. The van der Waals surface area contributed by atoms with E-state index in [-0.39, 0.29) is 13.0 Å². The van der Waals surface area contributed by atoms with Crippen LogP contribution in [0, 0.1) is 0 Å². The molecule has 1 rings (SSSR count).